The second-order valence-electron chi connectivity index (χ2n) is 11.2. The molecule has 2 fully saturated rings. The summed E-state index contributed by atoms with van der Waals surface area (Å²) in [4.78, 5) is 20.6. The molecule has 0 unspecified atom stereocenters. The number of benzene rings is 2. The van der Waals surface area contributed by atoms with Gasteiger partial charge < -0.3 is 29.6 Å². The monoisotopic (exact) mass is 586 g/mol. The Morgan fingerprint density at radius 2 is 1.98 bits per heavy atom. The van der Waals surface area contributed by atoms with E-state index in [1.165, 1.54) is 10.4 Å². The Hall–Kier alpha value is -3.03. The molecule has 5 rings (SSSR count). The van der Waals surface area contributed by atoms with Gasteiger partial charge in [0.1, 0.15) is 11.9 Å². The maximum atomic E-state index is 13.8. The average molecular weight is 587 g/mol. The molecular formula is C29H38N4O7S. The lowest BCUT2D eigenvalue weighted by atomic mass is 10.0. The third-order valence-corrected chi connectivity index (χ3v) is 9.31. The number of amides is 1. The first kappa shape index (κ1) is 29.5. The van der Waals surface area contributed by atoms with Gasteiger partial charge in [0.2, 0.25) is 10.0 Å². The van der Waals surface area contributed by atoms with E-state index in [9.17, 15) is 18.3 Å². The Kier molecular flexibility index (Phi) is 8.95. The molecule has 0 bridgehead atoms. The summed E-state index contributed by atoms with van der Waals surface area (Å²) in [6, 6.07) is 13.3. The Morgan fingerprint density at radius 1 is 1.20 bits per heavy atom. The number of nitrogens with one attached hydrogen (secondary N) is 2. The summed E-state index contributed by atoms with van der Waals surface area (Å²) >= 11 is 0. The second kappa shape index (κ2) is 12.5. The number of fused-ring (bicyclic) bond motifs is 2. The molecule has 2 aliphatic heterocycles. The fourth-order valence-electron chi connectivity index (χ4n) is 5.46. The van der Waals surface area contributed by atoms with Gasteiger partial charge in [-0.1, -0.05) is 44.2 Å². The third kappa shape index (κ3) is 6.90. The van der Waals surface area contributed by atoms with E-state index in [-0.39, 0.29) is 49.1 Å². The molecule has 3 N–H and O–H groups in total. The summed E-state index contributed by atoms with van der Waals surface area (Å²) in [6.07, 6.45) is -1.71. The minimum atomic E-state index is -3.99. The first-order chi connectivity index (χ1) is 19.6. The molecule has 222 valence electrons. The molecule has 1 aromatic heterocycles. The van der Waals surface area contributed by atoms with Crippen LogP contribution in [0.1, 0.15) is 31.7 Å². The molecule has 3 aromatic rings. The molecule has 1 amide bonds. The van der Waals surface area contributed by atoms with Gasteiger partial charge in [-0.25, -0.2) is 18.2 Å². The molecule has 2 saturated heterocycles. The number of aromatic amines is 1. The number of imidazole rings is 1. The Bertz CT molecular complexity index is 1450. The number of hydrogen-bond acceptors (Lipinski definition) is 8. The number of aliphatic hydroxyl groups excluding tert-OH is 1. The van der Waals surface area contributed by atoms with Crippen molar-refractivity contribution in [1.82, 2.24) is 19.6 Å². The zero-order chi connectivity index (χ0) is 29.1. The topological polar surface area (TPSA) is 143 Å². The minimum Gasteiger partial charge on any atom is -0.443 e. The van der Waals surface area contributed by atoms with Gasteiger partial charge in [0.15, 0.2) is 6.29 Å². The van der Waals surface area contributed by atoms with Gasteiger partial charge in [-0.05, 0) is 49.4 Å². The van der Waals surface area contributed by atoms with Crippen molar-refractivity contribution in [2.24, 2.45) is 11.8 Å². The van der Waals surface area contributed by atoms with Crippen LogP contribution in [0, 0.1) is 18.8 Å². The summed E-state index contributed by atoms with van der Waals surface area (Å²) in [6.45, 7) is 6.40. The fraction of sp³-hybridized carbons (Fsp3) is 0.517. The van der Waals surface area contributed by atoms with Crippen LogP contribution in [0.2, 0.25) is 0 Å². The van der Waals surface area contributed by atoms with Crippen LogP contribution in [0.4, 0.5) is 4.79 Å². The highest BCUT2D eigenvalue weighted by Crippen LogP contribution is 2.33. The van der Waals surface area contributed by atoms with Crippen molar-refractivity contribution in [3.8, 4) is 0 Å². The lowest BCUT2D eigenvalue weighted by Gasteiger charge is -2.31. The predicted octanol–water partition coefficient (Wildman–Crippen LogP) is 2.98. The third-order valence-electron chi connectivity index (χ3n) is 7.48. The number of sulfonamides is 1. The molecule has 0 spiro atoms. The first-order valence-corrected chi connectivity index (χ1v) is 15.4. The molecular weight excluding hydrogens is 548 g/mol. The molecule has 2 aliphatic rings. The van der Waals surface area contributed by atoms with Crippen LogP contribution in [0.25, 0.3) is 11.0 Å². The van der Waals surface area contributed by atoms with Crippen molar-refractivity contribution in [3.63, 3.8) is 0 Å². The molecule has 0 radical (unpaired) electrons. The molecule has 41 heavy (non-hydrogen) atoms. The summed E-state index contributed by atoms with van der Waals surface area (Å²) in [5, 5.41) is 14.3. The summed E-state index contributed by atoms with van der Waals surface area (Å²) in [5.41, 5.74) is 2.17. The molecule has 2 aromatic carbocycles. The highest BCUT2D eigenvalue weighted by Gasteiger charge is 2.44. The van der Waals surface area contributed by atoms with Crippen molar-refractivity contribution in [2.75, 3.05) is 26.3 Å². The number of aryl methyl sites for hydroxylation is 1. The van der Waals surface area contributed by atoms with Gasteiger partial charge in [0, 0.05) is 13.1 Å². The number of nitrogens with zero attached hydrogens (tertiary/aromatic N) is 2. The quantitative estimate of drug-likeness (QED) is 0.311. The van der Waals surface area contributed by atoms with Crippen molar-refractivity contribution in [3.05, 3.63) is 59.9 Å². The van der Waals surface area contributed by atoms with Crippen molar-refractivity contribution >= 4 is 27.1 Å². The van der Waals surface area contributed by atoms with E-state index in [0.717, 1.165) is 12.0 Å². The van der Waals surface area contributed by atoms with Gasteiger partial charge in [0.05, 0.1) is 47.2 Å². The first-order valence-electron chi connectivity index (χ1n) is 14.0. The molecule has 0 aliphatic carbocycles. The minimum absolute atomic E-state index is 0.00968. The summed E-state index contributed by atoms with van der Waals surface area (Å²) in [7, 11) is -3.99. The van der Waals surface area contributed by atoms with Crippen LogP contribution < -0.4 is 5.32 Å². The van der Waals surface area contributed by atoms with E-state index in [0.29, 0.717) is 23.5 Å². The van der Waals surface area contributed by atoms with Crippen molar-refractivity contribution in [1.29, 1.82) is 0 Å². The normalized spacial score (nSPS) is 22.2. The molecule has 5 atom stereocenters. The number of ether oxygens (including phenoxy) is 3. The number of alkyl carbamates (subject to hydrolysis) is 1. The van der Waals surface area contributed by atoms with Crippen LogP contribution in [0.15, 0.2) is 53.4 Å². The maximum absolute atomic E-state index is 13.8. The highest BCUT2D eigenvalue weighted by molar-refractivity contribution is 7.89. The summed E-state index contributed by atoms with van der Waals surface area (Å²) in [5.74, 6) is 0.649. The highest BCUT2D eigenvalue weighted by atomic mass is 32.2. The van der Waals surface area contributed by atoms with Crippen LogP contribution in [-0.2, 0) is 30.7 Å². The lowest BCUT2D eigenvalue weighted by Crippen LogP contribution is -2.51. The van der Waals surface area contributed by atoms with Gasteiger partial charge in [-0.15, -0.1) is 0 Å². The number of hydrogen-bond donors (Lipinski definition) is 3. The van der Waals surface area contributed by atoms with Crippen LogP contribution in [-0.4, -0.2) is 84.7 Å². The van der Waals surface area contributed by atoms with E-state index < -0.39 is 34.4 Å². The van der Waals surface area contributed by atoms with E-state index >= 15 is 0 Å². The van der Waals surface area contributed by atoms with Crippen LogP contribution >= 0.6 is 0 Å². The summed E-state index contributed by atoms with van der Waals surface area (Å²) < 4.78 is 45.7. The van der Waals surface area contributed by atoms with E-state index in [2.05, 4.69) is 15.3 Å². The zero-order valence-corrected chi connectivity index (χ0v) is 24.3. The lowest BCUT2D eigenvalue weighted by molar-refractivity contribution is -0.0907. The van der Waals surface area contributed by atoms with Crippen molar-refractivity contribution < 1.29 is 32.5 Å². The Balaban J connectivity index is 1.35. The molecule has 0 saturated carbocycles. The molecule has 11 nitrogen and oxygen atoms in total. The van der Waals surface area contributed by atoms with Gasteiger partial charge in [0.25, 0.3) is 0 Å². The Morgan fingerprint density at radius 3 is 2.73 bits per heavy atom. The number of carbonyl (C=O) groups excluding carboxylic acids is 1. The van der Waals surface area contributed by atoms with Gasteiger partial charge in [-0.2, -0.15) is 4.31 Å². The number of aliphatic hydroxyl groups is 1. The van der Waals surface area contributed by atoms with E-state index in [4.69, 9.17) is 14.2 Å². The number of H-pyrrole nitrogens is 1. The smallest absolute Gasteiger partial charge is 0.407 e. The number of aromatic nitrogens is 2. The standard InChI is InChI=1S/C29H38N4O7S/c1-18(2)15-33(41(36,37)21-9-10-23-24(14-21)31-19(3)30-23)16-26(34)25(13-20-7-5-4-6-8-20)32-29(35)40-27-17-39-28-22(27)11-12-38-28/h4-10,14,18,22,25-28,34H,11-13,15-17H2,1-3H3,(H,30,31)(H,32,35)/t22-,25-,26+,27-,28+/m0/s1. The van der Waals surface area contributed by atoms with E-state index in [1.807, 2.05) is 44.2 Å². The van der Waals surface area contributed by atoms with Gasteiger partial charge in [-0.3, -0.25) is 0 Å². The average Bonchev–Trinajstić information content (AvgIpc) is 3.64. The maximum Gasteiger partial charge on any atom is 0.407 e. The number of rotatable bonds is 11. The fourth-order valence-corrected chi connectivity index (χ4v) is 7.11. The van der Waals surface area contributed by atoms with E-state index in [1.54, 1.807) is 19.1 Å². The van der Waals surface area contributed by atoms with Crippen LogP contribution in [0.3, 0.4) is 0 Å². The SMILES string of the molecule is Cc1nc2ccc(S(=O)(=O)N(CC(C)C)C[C@@H](O)[C@H](Cc3ccccc3)NC(=O)O[C@H]3CO[C@H]4OCC[C@H]43)cc2[nH]1. The van der Waals surface area contributed by atoms with Gasteiger partial charge >= 0.3 is 6.09 Å². The zero-order valence-electron chi connectivity index (χ0n) is 23.5. The van der Waals surface area contributed by atoms with Crippen LogP contribution in [0.5, 0.6) is 0 Å². The molecule has 12 heteroatoms. The largest absolute Gasteiger partial charge is 0.443 e. The predicted molar refractivity (Wildman–Crippen MR) is 152 cm³/mol. The number of carbonyl (C=O) groups is 1. The Labute approximate surface area is 240 Å². The second-order valence-corrected chi connectivity index (χ2v) is 13.1. The molecule has 3 heterocycles. The van der Waals surface area contributed by atoms with Crippen molar-refractivity contribution in [2.45, 2.75) is 63.0 Å².